The van der Waals surface area contributed by atoms with Crippen molar-refractivity contribution in [2.75, 3.05) is 27.8 Å². The summed E-state index contributed by atoms with van der Waals surface area (Å²) in [6, 6.07) is 10.1. The fraction of sp³-hybridized carbons (Fsp3) is 0.316. The molecule has 0 saturated carbocycles. The first kappa shape index (κ1) is 19.2. The second-order valence-corrected chi connectivity index (χ2v) is 8.10. The summed E-state index contributed by atoms with van der Waals surface area (Å²) in [5, 5.41) is 0. The highest BCUT2D eigenvalue weighted by atomic mass is 32.2. The predicted octanol–water partition coefficient (Wildman–Crippen LogP) is 1.81. The fourth-order valence-electron chi connectivity index (χ4n) is 3.11. The summed E-state index contributed by atoms with van der Waals surface area (Å²) in [4.78, 5) is 14.9. The Bertz CT molecular complexity index is 950. The lowest BCUT2D eigenvalue weighted by molar-refractivity contribution is 0.0734. The number of nitrogens with zero attached hydrogens (tertiary/aromatic N) is 1. The first-order valence-electron chi connectivity index (χ1n) is 8.45. The molecule has 2 aromatic rings. The lowest BCUT2D eigenvalue weighted by atomic mass is 9.99. The van der Waals surface area contributed by atoms with Gasteiger partial charge in [-0.3, -0.25) is 4.79 Å². The van der Waals surface area contributed by atoms with Crippen LogP contribution in [0.5, 0.6) is 11.5 Å². The van der Waals surface area contributed by atoms with Gasteiger partial charge in [0.1, 0.15) is 11.5 Å². The predicted molar refractivity (Wildman–Crippen MR) is 101 cm³/mol. The molecule has 8 heteroatoms. The molecule has 0 atom stereocenters. The quantitative estimate of drug-likeness (QED) is 0.842. The Morgan fingerprint density at radius 1 is 1.04 bits per heavy atom. The van der Waals surface area contributed by atoms with Crippen molar-refractivity contribution < 1.29 is 22.7 Å². The molecule has 2 aromatic carbocycles. The minimum absolute atomic E-state index is 0.153. The molecule has 0 aliphatic carbocycles. The van der Waals surface area contributed by atoms with Crippen molar-refractivity contribution in [3.63, 3.8) is 0 Å². The van der Waals surface area contributed by atoms with Crippen LogP contribution in [0.4, 0.5) is 0 Å². The Balaban J connectivity index is 1.89. The van der Waals surface area contributed by atoms with E-state index in [1.54, 1.807) is 35.2 Å². The molecule has 3 rings (SSSR count). The molecular weight excluding hydrogens is 368 g/mol. The Morgan fingerprint density at radius 3 is 2.30 bits per heavy atom. The highest BCUT2D eigenvalue weighted by Gasteiger charge is 2.24. The number of sulfonamides is 1. The average Bonchev–Trinajstić information content (AvgIpc) is 2.71. The van der Waals surface area contributed by atoms with Gasteiger partial charge < -0.3 is 14.4 Å². The maximum Gasteiger partial charge on any atom is 0.254 e. The zero-order valence-corrected chi connectivity index (χ0v) is 16.3. The molecular formula is C19H22N2O5S. The minimum atomic E-state index is -3.53. The third-order valence-corrected chi connectivity index (χ3v) is 6.07. The van der Waals surface area contributed by atoms with Crippen molar-refractivity contribution in [1.82, 2.24) is 9.62 Å². The molecule has 0 spiro atoms. The molecule has 144 valence electrons. The molecule has 0 radical (unpaired) electrons. The normalized spacial score (nSPS) is 13.8. The van der Waals surface area contributed by atoms with Gasteiger partial charge in [-0.15, -0.1) is 0 Å². The number of nitrogens with one attached hydrogen (secondary N) is 1. The van der Waals surface area contributed by atoms with Crippen LogP contribution in [0.1, 0.15) is 21.5 Å². The van der Waals surface area contributed by atoms with E-state index in [4.69, 9.17) is 9.47 Å². The summed E-state index contributed by atoms with van der Waals surface area (Å²) in [5.74, 6) is 0.926. The molecule has 1 N–H and O–H groups in total. The van der Waals surface area contributed by atoms with Crippen molar-refractivity contribution in [2.45, 2.75) is 17.9 Å². The molecule has 0 bridgehead atoms. The molecule has 0 unspecified atom stereocenters. The van der Waals surface area contributed by atoms with E-state index < -0.39 is 10.0 Å². The van der Waals surface area contributed by atoms with Crippen molar-refractivity contribution in [3.8, 4) is 11.5 Å². The molecule has 1 amide bonds. The number of fused-ring (bicyclic) bond motifs is 1. The standard InChI is InChI=1S/C19H22N2O5S/c1-20-27(23,24)18-5-4-13-6-7-21(12-15(13)10-18)19(22)14-8-16(25-2)11-17(9-14)26-3/h4-5,8-11,20H,6-7,12H2,1-3H3. The summed E-state index contributed by atoms with van der Waals surface area (Å²) in [6.07, 6.45) is 0.669. The molecule has 0 aromatic heterocycles. The van der Waals surface area contributed by atoms with Crippen molar-refractivity contribution in [1.29, 1.82) is 0 Å². The Hall–Kier alpha value is -2.58. The van der Waals surface area contributed by atoms with E-state index in [0.29, 0.717) is 36.6 Å². The highest BCUT2D eigenvalue weighted by Crippen LogP contribution is 2.27. The van der Waals surface area contributed by atoms with E-state index in [1.807, 2.05) is 6.07 Å². The van der Waals surface area contributed by atoms with Gasteiger partial charge in [0, 0.05) is 24.7 Å². The van der Waals surface area contributed by atoms with Crippen LogP contribution >= 0.6 is 0 Å². The highest BCUT2D eigenvalue weighted by molar-refractivity contribution is 7.89. The molecule has 0 saturated heterocycles. The van der Waals surface area contributed by atoms with E-state index >= 15 is 0 Å². The zero-order valence-electron chi connectivity index (χ0n) is 15.5. The summed E-state index contributed by atoms with van der Waals surface area (Å²) >= 11 is 0. The lowest BCUT2D eigenvalue weighted by Gasteiger charge is -2.29. The second kappa shape index (κ2) is 7.58. The minimum Gasteiger partial charge on any atom is -0.497 e. The van der Waals surface area contributed by atoms with E-state index in [1.165, 1.54) is 21.3 Å². The fourth-order valence-corrected chi connectivity index (χ4v) is 3.89. The number of rotatable bonds is 5. The number of ether oxygens (including phenoxy) is 2. The Kier molecular flexibility index (Phi) is 5.38. The third-order valence-electron chi connectivity index (χ3n) is 4.65. The summed E-state index contributed by atoms with van der Waals surface area (Å²) in [6.45, 7) is 0.907. The molecule has 0 fully saturated rings. The van der Waals surface area contributed by atoms with Crippen LogP contribution in [0, 0.1) is 0 Å². The maximum absolute atomic E-state index is 13.0. The Morgan fingerprint density at radius 2 is 1.70 bits per heavy atom. The summed E-state index contributed by atoms with van der Waals surface area (Å²) in [7, 11) is 0.913. The SMILES string of the molecule is CNS(=O)(=O)c1ccc2c(c1)CN(C(=O)c1cc(OC)cc(OC)c1)CC2. The van der Waals surface area contributed by atoms with Crippen LogP contribution in [0.3, 0.4) is 0 Å². The summed E-state index contributed by atoms with van der Waals surface area (Å²) < 4.78 is 36.9. The molecule has 1 aliphatic rings. The van der Waals surface area contributed by atoms with Gasteiger partial charge in [0.05, 0.1) is 19.1 Å². The largest absolute Gasteiger partial charge is 0.497 e. The van der Waals surface area contributed by atoms with E-state index in [9.17, 15) is 13.2 Å². The van der Waals surface area contributed by atoms with Gasteiger partial charge in [0.15, 0.2) is 0 Å². The molecule has 7 nitrogen and oxygen atoms in total. The van der Waals surface area contributed by atoms with Gasteiger partial charge in [-0.2, -0.15) is 0 Å². The van der Waals surface area contributed by atoms with Crippen molar-refractivity contribution >= 4 is 15.9 Å². The van der Waals surface area contributed by atoms with E-state index in [2.05, 4.69) is 4.72 Å². The van der Waals surface area contributed by atoms with Gasteiger partial charge in [0.25, 0.3) is 5.91 Å². The smallest absolute Gasteiger partial charge is 0.254 e. The number of hydrogen-bond donors (Lipinski definition) is 1. The van der Waals surface area contributed by atoms with Crippen LogP contribution in [-0.2, 0) is 23.0 Å². The molecule has 1 heterocycles. The number of carbonyl (C=O) groups is 1. The van der Waals surface area contributed by atoms with Gasteiger partial charge in [-0.05, 0) is 48.9 Å². The number of methoxy groups -OCH3 is 2. The van der Waals surface area contributed by atoms with E-state index in [-0.39, 0.29) is 10.8 Å². The topological polar surface area (TPSA) is 84.9 Å². The Labute approximate surface area is 158 Å². The van der Waals surface area contributed by atoms with Gasteiger partial charge in [-0.1, -0.05) is 6.07 Å². The van der Waals surface area contributed by atoms with Crippen LogP contribution in [0.25, 0.3) is 0 Å². The van der Waals surface area contributed by atoms with Crippen molar-refractivity contribution in [3.05, 3.63) is 53.1 Å². The van der Waals surface area contributed by atoms with Crippen LogP contribution in [0.15, 0.2) is 41.3 Å². The van der Waals surface area contributed by atoms with Crippen LogP contribution < -0.4 is 14.2 Å². The molecule has 27 heavy (non-hydrogen) atoms. The third kappa shape index (κ3) is 3.91. The van der Waals surface area contributed by atoms with Crippen LogP contribution in [0.2, 0.25) is 0 Å². The first-order valence-corrected chi connectivity index (χ1v) is 9.94. The first-order chi connectivity index (χ1) is 12.9. The van der Waals surface area contributed by atoms with Crippen molar-refractivity contribution in [2.24, 2.45) is 0 Å². The number of hydrogen-bond acceptors (Lipinski definition) is 5. The number of benzene rings is 2. The maximum atomic E-state index is 13.0. The number of amides is 1. The lowest BCUT2D eigenvalue weighted by Crippen LogP contribution is -2.36. The van der Waals surface area contributed by atoms with Gasteiger partial charge in [0.2, 0.25) is 10.0 Å². The second-order valence-electron chi connectivity index (χ2n) is 6.22. The van der Waals surface area contributed by atoms with Gasteiger partial charge in [-0.25, -0.2) is 13.1 Å². The summed E-state index contributed by atoms with van der Waals surface area (Å²) in [5.41, 5.74) is 2.35. The van der Waals surface area contributed by atoms with E-state index in [0.717, 1.165) is 11.1 Å². The zero-order chi connectivity index (χ0) is 19.6. The molecule has 1 aliphatic heterocycles. The van der Waals surface area contributed by atoms with Gasteiger partial charge >= 0.3 is 0 Å². The van der Waals surface area contributed by atoms with Crippen LogP contribution in [-0.4, -0.2) is 47.0 Å². The average molecular weight is 390 g/mol. The monoisotopic (exact) mass is 390 g/mol. The number of carbonyl (C=O) groups excluding carboxylic acids is 1.